The number of anilines is 2. The molecule has 2 aromatic rings. The van der Waals surface area contributed by atoms with Crippen molar-refractivity contribution in [1.29, 1.82) is 0 Å². The van der Waals surface area contributed by atoms with Gasteiger partial charge >= 0.3 is 0 Å². The maximum absolute atomic E-state index is 13.5. The lowest BCUT2D eigenvalue weighted by atomic mass is 10.2. The number of nitrogens with zero attached hydrogens (tertiary/aromatic N) is 3. The van der Waals surface area contributed by atoms with E-state index in [0.717, 1.165) is 11.4 Å². The highest BCUT2D eigenvalue weighted by Crippen LogP contribution is 2.34. The zero-order valence-electron chi connectivity index (χ0n) is 18.3. The Kier molecular flexibility index (Phi) is 6.25. The van der Waals surface area contributed by atoms with Gasteiger partial charge in [-0.1, -0.05) is 0 Å². The van der Waals surface area contributed by atoms with Crippen LogP contribution in [0.25, 0.3) is 0 Å². The second kappa shape index (κ2) is 8.84. The fourth-order valence-electron chi connectivity index (χ4n) is 3.98. The second-order valence-electron chi connectivity index (χ2n) is 7.65. The van der Waals surface area contributed by atoms with Crippen LogP contribution in [0.1, 0.15) is 6.42 Å². The topological polar surface area (TPSA) is 114 Å². The predicted octanol–water partition coefficient (Wildman–Crippen LogP) is 1.28. The van der Waals surface area contributed by atoms with E-state index in [1.165, 1.54) is 29.6 Å². The van der Waals surface area contributed by atoms with Crippen LogP contribution in [0.3, 0.4) is 0 Å². The van der Waals surface area contributed by atoms with E-state index in [2.05, 4.69) is 4.90 Å². The summed E-state index contributed by atoms with van der Waals surface area (Å²) in [5.41, 5.74) is 0.957. The molecular formula is C21H25N3O7S2. The van der Waals surface area contributed by atoms with Gasteiger partial charge in [-0.3, -0.25) is 4.79 Å². The van der Waals surface area contributed by atoms with Crippen LogP contribution in [0.2, 0.25) is 0 Å². The standard InChI is InChI=1S/C21H25N3O7S2/c1-30-18-6-3-16(4-7-18)22-10-12-23(13-11-22)33(28,29)20-15-17(5-8-19(20)31-2)24-21(25)9-14-32(24,26)27/h3-8,15H,9-14H2,1-2H3. The summed E-state index contributed by atoms with van der Waals surface area (Å²) < 4.78 is 64.0. The molecule has 0 unspecified atom stereocenters. The predicted molar refractivity (Wildman–Crippen MR) is 123 cm³/mol. The number of hydrogen-bond donors (Lipinski definition) is 0. The molecule has 2 aliphatic rings. The third-order valence-corrected chi connectivity index (χ3v) is 9.36. The molecule has 0 atom stereocenters. The van der Waals surface area contributed by atoms with Gasteiger partial charge in [-0.25, -0.2) is 21.1 Å². The summed E-state index contributed by atoms with van der Waals surface area (Å²) in [6, 6.07) is 11.5. The molecule has 0 N–H and O–H groups in total. The van der Waals surface area contributed by atoms with Crippen LogP contribution in [-0.2, 0) is 24.8 Å². The molecule has 2 aliphatic heterocycles. The van der Waals surface area contributed by atoms with E-state index in [-0.39, 0.29) is 41.6 Å². The van der Waals surface area contributed by atoms with Crippen molar-refractivity contribution in [3.8, 4) is 11.5 Å². The van der Waals surface area contributed by atoms with Crippen molar-refractivity contribution in [2.24, 2.45) is 0 Å². The summed E-state index contributed by atoms with van der Waals surface area (Å²) in [5, 5.41) is 0. The van der Waals surface area contributed by atoms with Crippen LogP contribution < -0.4 is 18.7 Å². The molecular weight excluding hydrogens is 470 g/mol. The van der Waals surface area contributed by atoms with Gasteiger partial charge in [0.1, 0.15) is 16.4 Å². The lowest BCUT2D eigenvalue weighted by Crippen LogP contribution is -2.48. The van der Waals surface area contributed by atoms with E-state index >= 15 is 0 Å². The largest absolute Gasteiger partial charge is 0.497 e. The van der Waals surface area contributed by atoms with Crippen LogP contribution in [0.4, 0.5) is 11.4 Å². The van der Waals surface area contributed by atoms with Gasteiger partial charge in [0.2, 0.25) is 26.0 Å². The number of ether oxygens (including phenoxy) is 2. The Morgan fingerprint density at radius 1 is 0.879 bits per heavy atom. The highest BCUT2D eigenvalue weighted by molar-refractivity contribution is 7.94. The lowest BCUT2D eigenvalue weighted by Gasteiger charge is -2.35. The molecule has 0 aliphatic carbocycles. The zero-order chi connectivity index (χ0) is 23.8. The van der Waals surface area contributed by atoms with Crippen LogP contribution >= 0.6 is 0 Å². The highest BCUT2D eigenvalue weighted by Gasteiger charge is 2.38. The average Bonchev–Trinajstić information content (AvgIpc) is 3.10. The summed E-state index contributed by atoms with van der Waals surface area (Å²) in [5.74, 6) is -0.0600. The molecule has 33 heavy (non-hydrogen) atoms. The summed E-state index contributed by atoms with van der Waals surface area (Å²) in [6.45, 7) is 1.44. The number of benzene rings is 2. The molecule has 178 valence electrons. The van der Waals surface area contributed by atoms with E-state index in [1.54, 1.807) is 7.11 Å². The van der Waals surface area contributed by atoms with Crippen LogP contribution in [0.5, 0.6) is 11.5 Å². The molecule has 10 nitrogen and oxygen atoms in total. The first-order valence-electron chi connectivity index (χ1n) is 10.3. The maximum atomic E-state index is 13.5. The van der Waals surface area contributed by atoms with Gasteiger partial charge in [0.15, 0.2) is 0 Å². The number of hydrogen-bond acceptors (Lipinski definition) is 8. The second-order valence-corrected chi connectivity index (χ2v) is 11.5. The van der Waals surface area contributed by atoms with Crippen molar-refractivity contribution in [3.63, 3.8) is 0 Å². The van der Waals surface area contributed by atoms with Crippen molar-refractivity contribution in [2.45, 2.75) is 11.3 Å². The Hall–Kier alpha value is -2.83. The molecule has 0 saturated carbocycles. The lowest BCUT2D eigenvalue weighted by molar-refractivity contribution is -0.116. The zero-order valence-corrected chi connectivity index (χ0v) is 19.9. The molecule has 2 fully saturated rings. The van der Waals surface area contributed by atoms with E-state index in [4.69, 9.17) is 9.47 Å². The van der Waals surface area contributed by atoms with Crippen LogP contribution in [0.15, 0.2) is 47.4 Å². The van der Waals surface area contributed by atoms with E-state index in [0.29, 0.717) is 17.4 Å². The monoisotopic (exact) mass is 495 g/mol. The SMILES string of the molecule is COc1ccc(N2CCN(S(=O)(=O)c3cc(N4C(=O)CCS4(=O)=O)ccc3OC)CC2)cc1. The summed E-state index contributed by atoms with van der Waals surface area (Å²) in [4.78, 5) is 14.1. The molecule has 4 rings (SSSR count). The molecule has 0 radical (unpaired) electrons. The van der Waals surface area contributed by atoms with Crippen LogP contribution in [-0.4, -0.2) is 73.2 Å². The van der Waals surface area contributed by atoms with Crippen molar-refractivity contribution in [2.75, 3.05) is 55.4 Å². The normalized spacial score (nSPS) is 19.0. The van der Waals surface area contributed by atoms with Gasteiger partial charge in [0, 0.05) is 38.3 Å². The molecule has 2 heterocycles. The first kappa shape index (κ1) is 23.3. The Morgan fingerprint density at radius 2 is 1.52 bits per heavy atom. The summed E-state index contributed by atoms with van der Waals surface area (Å²) in [6.07, 6.45) is -0.135. The smallest absolute Gasteiger partial charge is 0.246 e. The highest BCUT2D eigenvalue weighted by atomic mass is 32.2. The summed E-state index contributed by atoms with van der Waals surface area (Å²) in [7, 11) is -4.88. The van der Waals surface area contributed by atoms with E-state index < -0.39 is 26.0 Å². The minimum atomic E-state index is -4.00. The van der Waals surface area contributed by atoms with Gasteiger partial charge in [0.25, 0.3) is 0 Å². The van der Waals surface area contributed by atoms with Crippen LogP contribution in [0, 0.1) is 0 Å². The number of methoxy groups -OCH3 is 2. The van der Waals surface area contributed by atoms with E-state index in [9.17, 15) is 21.6 Å². The number of carbonyl (C=O) groups is 1. The van der Waals surface area contributed by atoms with E-state index in [1.807, 2.05) is 24.3 Å². The first-order chi connectivity index (χ1) is 15.7. The van der Waals surface area contributed by atoms with Gasteiger partial charge in [-0.05, 0) is 42.5 Å². The fourth-order valence-corrected chi connectivity index (χ4v) is 7.03. The molecule has 0 aromatic heterocycles. The Balaban J connectivity index is 1.58. The van der Waals surface area contributed by atoms with Crippen molar-refractivity contribution < 1.29 is 31.1 Å². The number of amides is 1. The molecule has 2 aromatic carbocycles. The minimum absolute atomic E-state index is 0.00579. The third-order valence-electron chi connectivity index (χ3n) is 5.75. The Labute approximate surface area is 193 Å². The van der Waals surface area contributed by atoms with Gasteiger partial charge in [0.05, 0.1) is 25.7 Å². The van der Waals surface area contributed by atoms with Gasteiger partial charge in [-0.2, -0.15) is 4.31 Å². The molecule has 0 bridgehead atoms. The molecule has 1 amide bonds. The minimum Gasteiger partial charge on any atom is -0.497 e. The number of rotatable bonds is 6. The van der Waals surface area contributed by atoms with Crippen molar-refractivity contribution >= 4 is 37.3 Å². The number of piperazine rings is 1. The average molecular weight is 496 g/mol. The number of carbonyl (C=O) groups excluding carboxylic acids is 1. The third kappa shape index (κ3) is 4.37. The Morgan fingerprint density at radius 3 is 2.06 bits per heavy atom. The maximum Gasteiger partial charge on any atom is 0.246 e. The quantitative estimate of drug-likeness (QED) is 0.589. The summed E-state index contributed by atoms with van der Waals surface area (Å²) >= 11 is 0. The number of sulfonamides is 2. The first-order valence-corrected chi connectivity index (χ1v) is 13.4. The van der Waals surface area contributed by atoms with Gasteiger partial charge in [-0.15, -0.1) is 0 Å². The van der Waals surface area contributed by atoms with Gasteiger partial charge < -0.3 is 14.4 Å². The molecule has 12 heteroatoms. The molecule has 0 spiro atoms. The van der Waals surface area contributed by atoms with Crippen molar-refractivity contribution in [1.82, 2.24) is 4.31 Å². The fraction of sp³-hybridized carbons (Fsp3) is 0.381. The van der Waals surface area contributed by atoms with Crippen molar-refractivity contribution in [3.05, 3.63) is 42.5 Å². The molecule has 2 saturated heterocycles. The Bertz CT molecular complexity index is 1250.